The number of likely N-dealkylation sites (tertiary alicyclic amines) is 1. The van der Waals surface area contributed by atoms with Crippen molar-refractivity contribution in [3.63, 3.8) is 0 Å². The molecule has 1 fully saturated rings. The van der Waals surface area contributed by atoms with Crippen molar-refractivity contribution in [2.75, 3.05) is 39.4 Å². The highest BCUT2D eigenvalue weighted by Crippen LogP contribution is 2.43. The molecule has 12 heteroatoms. The summed E-state index contributed by atoms with van der Waals surface area (Å²) in [6.45, 7) is 5.17. The number of carbonyl (C=O) groups is 1. The van der Waals surface area contributed by atoms with Crippen LogP contribution in [0.4, 0.5) is 9.18 Å². The molecular weight excluding hydrogens is 643 g/mol. The number of benzene rings is 3. The highest BCUT2D eigenvalue weighted by molar-refractivity contribution is 9.10. The lowest BCUT2D eigenvalue weighted by molar-refractivity contribution is -0.0221. The van der Waals surface area contributed by atoms with Crippen molar-refractivity contribution in [3.8, 4) is 17.2 Å². The molecule has 2 aliphatic rings. The Morgan fingerprint density at radius 1 is 0.953 bits per heavy atom. The molecule has 1 saturated heterocycles. The molecule has 0 N–H and O–H groups in total. The zero-order valence-electron chi connectivity index (χ0n) is 23.8. The number of ether oxygens (including phenoxy) is 4. The van der Waals surface area contributed by atoms with Crippen molar-refractivity contribution in [2.45, 2.75) is 43.7 Å². The molecule has 5 rings (SSSR count). The maximum atomic E-state index is 14.0. The van der Waals surface area contributed by atoms with Crippen LogP contribution in [0.15, 0.2) is 70.0 Å². The molecule has 0 aliphatic carbocycles. The Bertz CT molecular complexity index is 1510. The van der Waals surface area contributed by atoms with E-state index >= 15 is 0 Å². The van der Waals surface area contributed by atoms with E-state index in [1.807, 2.05) is 6.07 Å². The number of piperidine rings is 1. The van der Waals surface area contributed by atoms with Crippen LogP contribution in [0.2, 0.25) is 0 Å². The second-order valence-corrected chi connectivity index (χ2v) is 13.0. The van der Waals surface area contributed by atoms with Crippen molar-refractivity contribution in [1.82, 2.24) is 9.21 Å². The molecule has 3 aromatic rings. The van der Waals surface area contributed by atoms with Crippen LogP contribution < -0.4 is 9.47 Å². The number of rotatable bonds is 10. The first-order valence-electron chi connectivity index (χ1n) is 14.3. The van der Waals surface area contributed by atoms with Gasteiger partial charge in [0.25, 0.3) is 0 Å². The standard InChI is InChI=1S/C31H34BrFN2O7S/c1-2-39-31(36)42-30-29-26(28(15-14-27(29)32)40-21-20-34-17-4-3-5-18-34)16-19-35(30)43(37,38)25-12-10-24(11-13-25)41-23-8-6-22(33)7-9-23/h6-15,30H,2-5,16-21H2,1H3. The molecule has 0 bridgehead atoms. The van der Waals surface area contributed by atoms with E-state index in [9.17, 15) is 17.6 Å². The first kappa shape index (κ1) is 31.2. The Balaban J connectivity index is 1.39. The van der Waals surface area contributed by atoms with Gasteiger partial charge in [-0.05, 0) is 99.9 Å². The quantitative estimate of drug-likeness (QED) is 0.220. The summed E-state index contributed by atoms with van der Waals surface area (Å²) in [6, 6.07) is 15.0. The Morgan fingerprint density at radius 2 is 1.63 bits per heavy atom. The number of fused-ring (bicyclic) bond motifs is 1. The first-order valence-corrected chi connectivity index (χ1v) is 16.5. The molecule has 0 amide bonds. The van der Waals surface area contributed by atoms with E-state index in [2.05, 4.69) is 20.8 Å². The predicted octanol–water partition coefficient (Wildman–Crippen LogP) is 6.66. The SMILES string of the molecule is CCOC(=O)OC1c2c(Br)ccc(OCCN3CCCCC3)c2CCN1S(=O)(=O)c1ccc(Oc2ccc(F)cc2)cc1. The van der Waals surface area contributed by atoms with E-state index in [1.165, 1.54) is 67.8 Å². The van der Waals surface area contributed by atoms with Crippen molar-refractivity contribution in [2.24, 2.45) is 0 Å². The van der Waals surface area contributed by atoms with Gasteiger partial charge in [0.05, 0.1) is 11.5 Å². The summed E-state index contributed by atoms with van der Waals surface area (Å²) >= 11 is 3.55. The van der Waals surface area contributed by atoms with Crippen LogP contribution in [0.1, 0.15) is 43.5 Å². The zero-order chi connectivity index (χ0) is 30.4. The lowest BCUT2D eigenvalue weighted by Gasteiger charge is -2.36. The number of hydrogen-bond donors (Lipinski definition) is 0. The second-order valence-electron chi connectivity index (χ2n) is 10.2. The molecule has 0 aromatic heterocycles. The predicted molar refractivity (Wildman–Crippen MR) is 161 cm³/mol. The van der Waals surface area contributed by atoms with E-state index < -0.39 is 22.4 Å². The molecule has 230 valence electrons. The largest absolute Gasteiger partial charge is 0.510 e. The van der Waals surface area contributed by atoms with Crippen molar-refractivity contribution < 1.29 is 36.6 Å². The summed E-state index contributed by atoms with van der Waals surface area (Å²) < 4.78 is 65.5. The third-order valence-corrected chi connectivity index (χ3v) is 9.97. The van der Waals surface area contributed by atoms with Crippen molar-refractivity contribution in [3.05, 3.63) is 82.1 Å². The first-order chi connectivity index (χ1) is 20.8. The topological polar surface area (TPSA) is 94.6 Å². The molecule has 9 nitrogen and oxygen atoms in total. The molecule has 43 heavy (non-hydrogen) atoms. The fourth-order valence-electron chi connectivity index (χ4n) is 5.29. The van der Waals surface area contributed by atoms with Crippen LogP contribution in [0.25, 0.3) is 0 Å². The van der Waals surface area contributed by atoms with Gasteiger partial charge in [0.1, 0.15) is 29.7 Å². The third-order valence-electron chi connectivity index (χ3n) is 7.42. The number of carbonyl (C=O) groups excluding carboxylic acids is 1. The van der Waals surface area contributed by atoms with Crippen LogP contribution in [0.3, 0.4) is 0 Å². The molecule has 3 aromatic carbocycles. The minimum Gasteiger partial charge on any atom is -0.492 e. The lowest BCUT2D eigenvalue weighted by Crippen LogP contribution is -2.42. The molecule has 1 unspecified atom stereocenters. The number of halogens is 2. The van der Waals surface area contributed by atoms with Gasteiger partial charge in [-0.3, -0.25) is 4.90 Å². The van der Waals surface area contributed by atoms with Crippen LogP contribution in [-0.2, 0) is 25.9 Å². The van der Waals surface area contributed by atoms with Crippen molar-refractivity contribution in [1.29, 1.82) is 0 Å². The highest BCUT2D eigenvalue weighted by atomic mass is 79.9. The molecule has 2 heterocycles. The maximum absolute atomic E-state index is 14.0. The van der Waals surface area contributed by atoms with Gasteiger partial charge in [-0.2, -0.15) is 4.31 Å². The van der Waals surface area contributed by atoms with Gasteiger partial charge in [-0.15, -0.1) is 0 Å². The summed E-state index contributed by atoms with van der Waals surface area (Å²) in [4.78, 5) is 14.9. The molecule has 0 spiro atoms. The highest BCUT2D eigenvalue weighted by Gasteiger charge is 2.41. The number of nitrogens with zero attached hydrogens (tertiary/aromatic N) is 2. The molecule has 0 saturated carbocycles. The average molecular weight is 678 g/mol. The Hall–Kier alpha value is -3.19. The van der Waals surface area contributed by atoms with E-state index in [0.717, 1.165) is 29.5 Å². The van der Waals surface area contributed by atoms with E-state index in [1.54, 1.807) is 13.0 Å². The fraction of sp³-hybridized carbons (Fsp3) is 0.387. The minimum absolute atomic E-state index is 0.00933. The van der Waals surface area contributed by atoms with Gasteiger partial charge in [0.15, 0.2) is 6.23 Å². The smallest absolute Gasteiger partial charge is 0.492 e. The van der Waals surface area contributed by atoms with Crippen LogP contribution >= 0.6 is 15.9 Å². The fourth-order valence-corrected chi connectivity index (χ4v) is 7.34. The summed E-state index contributed by atoms with van der Waals surface area (Å²) in [5.74, 6) is 1.03. The van der Waals surface area contributed by atoms with E-state index in [4.69, 9.17) is 18.9 Å². The Morgan fingerprint density at radius 3 is 2.30 bits per heavy atom. The van der Waals surface area contributed by atoms with E-state index in [0.29, 0.717) is 40.3 Å². The van der Waals surface area contributed by atoms with Gasteiger partial charge < -0.3 is 18.9 Å². The lowest BCUT2D eigenvalue weighted by atomic mass is 9.98. The number of hydrogen-bond acceptors (Lipinski definition) is 8. The average Bonchev–Trinajstić information content (AvgIpc) is 3.00. The molecule has 0 radical (unpaired) electrons. The molecule has 1 atom stereocenters. The second kappa shape index (κ2) is 14.1. The van der Waals surface area contributed by atoms with Crippen LogP contribution in [0, 0.1) is 5.82 Å². The minimum atomic E-state index is -4.14. The van der Waals surface area contributed by atoms with Crippen LogP contribution in [0.5, 0.6) is 17.2 Å². The Kier molecular flexibility index (Phi) is 10.2. The van der Waals surface area contributed by atoms with Gasteiger partial charge in [0, 0.05) is 28.7 Å². The molecule has 2 aliphatic heterocycles. The third kappa shape index (κ3) is 7.49. The Labute approximate surface area is 259 Å². The van der Waals surface area contributed by atoms with Gasteiger partial charge in [-0.25, -0.2) is 17.6 Å². The summed E-state index contributed by atoms with van der Waals surface area (Å²) in [7, 11) is -4.14. The summed E-state index contributed by atoms with van der Waals surface area (Å²) in [6.07, 6.45) is 1.72. The monoisotopic (exact) mass is 676 g/mol. The zero-order valence-corrected chi connectivity index (χ0v) is 26.2. The van der Waals surface area contributed by atoms with Crippen molar-refractivity contribution >= 4 is 32.1 Å². The molecular formula is C31H34BrFN2O7S. The normalized spacial score (nSPS) is 17.6. The summed E-state index contributed by atoms with van der Waals surface area (Å²) in [5, 5.41) is 0. The summed E-state index contributed by atoms with van der Waals surface area (Å²) in [5.41, 5.74) is 1.27. The van der Waals surface area contributed by atoms with E-state index in [-0.39, 0.29) is 23.9 Å². The van der Waals surface area contributed by atoms with Gasteiger partial charge in [0.2, 0.25) is 10.0 Å². The van der Waals surface area contributed by atoms with Crippen LogP contribution in [-0.4, -0.2) is 63.2 Å². The van der Waals surface area contributed by atoms with Gasteiger partial charge >= 0.3 is 6.16 Å². The number of sulfonamides is 1. The van der Waals surface area contributed by atoms with Gasteiger partial charge in [-0.1, -0.05) is 22.4 Å². The maximum Gasteiger partial charge on any atom is 0.510 e.